The van der Waals surface area contributed by atoms with Gasteiger partial charge < -0.3 is 0 Å². The summed E-state index contributed by atoms with van der Waals surface area (Å²) in [5.41, 5.74) is 18.9. The van der Waals surface area contributed by atoms with Gasteiger partial charge in [0.25, 0.3) is 0 Å². The van der Waals surface area contributed by atoms with E-state index in [1.807, 2.05) is 0 Å². The van der Waals surface area contributed by atoms with Gasteiger partial charge in [0.15, 0.2) is 0 Å². The summed E-state index contributed by atoms with van der Waals surface area (Å²) in [5.74, 6) is 0. The summed E-state index contributed by atoms with van der Waals surface area (Å²) in [6.45, 7) is 2.19. The molecule has 370 valence electrons. The molecule has 15 aromatic rings. The van der Waals surface area contributed by atoms with Gasteiger partial charge in [0.1, 0.15) is 0 Å². The molecule has 0 aliphatic heterocycles. The monoisotopic (exact) mass is 1000 g/mol. The fourth-order valence-electron chi connectivity index (χ4n) is 12.3. The van der Waals surface area contributed by atoms with E-state index in [9.17, 15) is 0 Å². The van der Waals surface area contributed by atoms with Gasteiger partial charge in [-0.15, -0.1) is 0 Å². The summed E-state index contributed by atoms with van der Waals surface area (Å²) in [5, 5.41) is 15.3. The zero-order chi connectivity index (χ0) is 52.7. The summed E-state index contributed by atoms with van der Waals surface area (Å²) in [7, 11) is 0. The van der Waals surface area contributed by atoms with Gasteiger partial charge >= 0.3 is 0 Å². The number of benzene rings is 15. The third-order valence-corrected chi connectivity index (χ3v) is 15.9. The molecule has 0 aromatic heterocycles. The first-order valence-corrected chi connectivity index (χ1v) is 27.4. The first-order valence-electron chi connectivity index (χ1n) is 27.4. The molecular weight excluding hydrogens is 949 g/mol. The Morgan fingerprint density at radius 3 is 1.03 bits per heavy atom. The molecule has 0 heterocycles. The first-order chi connectivity index (χ1) is 39.1. The third-order valence-electron chi connectivity index (χ3n) is 15.9. The lowest BCUT2D eigenvalue weighted by molar-refractivity contribution is 1.51. The molecule has 0 saturated carbocycles. The van der Waals surface area contributed by atoms with Crippen molar-refractivity contribution in [1.29, 1.82) is 0 Å². The Balaban J connectivity index is 0.000000144. The van der Waals surface area contributed by atoms with Crippen molar-refractivity contribution in [3.8, 4) is 77.9 Å². The summed E-state index contributed by atoms with van der Waals surface area (Å²) < 4.78 is 0. The highest BCUT2D eigenvalue weighted by Gasteiger charge is 2.20. The maximum absolute atomic E-state index is 2.37. The molecule has 0 radical (unpaired) electrons. The Hall–Kier alpha value is -10.1. The second kappa shape index (κ2) is 20.4. The second-order valence-corrected chi connectivity index (χ2v) is 20.7. The zero-order valence-corrected chi connectivity index (χ0v) is 43.9. The van der Waals surface area contributed by atoms with E-state index < -0.39 is 0 Å². The number of aryl methyl sites for hydroxylation is 1. The zero-order valence-electron chi connectivity index (χ0n) is 43.9. The average molecular weight is 1000 g/mol. The molecule has 0 nitrogen and oxygen atoms in total. The highest BCUT2D eigenvalue weighted by molar-refractivity contribution is 6.23. The summed E-state index contributed by atoms with van der Waals surface area (Å²) in [6, 6.07) is 113. The van der Waals surface area contributed by atoms with E-state index in [0.717, 1.165) is 0 Å². The standard InChI is InChI=1S/C42H28.C37H26/c1-2-13-29(14-3-1)31-17-10-19-33(27-31)41-37-22-6-8-24-39(37)42(40-25-9-7-23-38(40)41)34-20-11-18-32(28-34)36-26-12-16-30-15-4-5-21-35(30)36;1-25-18-21-34-35(22-25)37(31-20-19-27-12-5-6-13-28(27)24-31)33-17-8-7-16-32(33)36(34)30-15-9-14-29(23-30)26-10-3-2-4-11-26/h1-28H;2-24H,1H3. The van der Waals surface area contributed by atoms with Crippen molar-refractivity contribution in [3.05, 3.63) is 315 Å². The van der Waals surface area contributed by atoms with Gasteiger partial charge in [-0.05, 0) is 174 Å². The highest BCUT2D eigenvalue weighted by Crippen LogP contribution is 2.47. The lowest BCUT2D eigenvalue weighted by atomic mass is 9.84. The van der Waals surface area contributed by atoms with Crippen LogP contribution in [0.2, 0.25) is 0 Å². The molecule has 0 N–H and O–H groups in total. The summed E-state index contributed by atoms with van der Waals surface area (Å²) >= 11 is 0. The molecule has 0 heteroatoms. The van der Waals surface area contributed by atoms with Crippen LogP contribution in [-0.4, -0.2) is 0 Å². The van der Waals surface area contributed by atoms with Gasteiger partial charge in [0.2, 0.25) is 0 Å². The Kier molecular flexibility index (Phi) is 12.2. The van der Waals surface area contributed by atoms with Crippen molar-refractivity contribution in [1.82, 2.24) is 0 Å². The van der Waals surface area contributed by atoms with Gasteiger partial charge in [-0.2, -0.15) is 0 Å². The lowest BCUT2D eigenvalue weighted by Crippen LogP contribution is -1.92. The van der Waals surface area contributed by atoms with E-state index in [1.54, 1.807) is 0 Å². The Morgan fingerprint density at radius 1 is 0.165 bits per heavy atom. The SMILES string of the molecule is Cc1ccc2c(-c3cccc(-c4ccccc4)c3)c3ccccc3c(-c3ccc4ccccc4c3)c2c1.c1ccc(-c2cccc(-c3c4ccccc4c(-c4cccc(-c5cccc6ccccc56)c4)c4ccccc34)c2)cc1. The molecule has 0 saturated heterocycles. The molecule has 0 spiro atoms. The molecular formula is C79H54. The molecule has 0 fully saturated rings. The molecule has 15 rings (SSSR count). The van der Waals surface area contributed by atoms with Gasteiger partial charge in [0.05, 0.1) is 0 Å². The minimum absolute atomic E-state index is 1.23. The quantitative estimate of drug-likeness (QED) is 0.140. The van der Waals surface area contributed by atoms with Gasteiger partial charge in [-0.25, -0.2) is 0 Å². The molecule has 0 aliphatic rings. The maximum Gasteiger partial charge on any atom is -0.00261 e. The smallest absolute Gasteiger partial charge is 0.00261 e. The van der Waals surface area contributed by atoms with Crippen LogP contribution in [-0.2, 0) is 0 Å². The molecule has 0 unspecified atom stereocenters. The highest BCUT2D eigenvalue weighted by atomic mass is 14.2. The number of hydrogen-bond acceptors (Lipinski definition) is 0. The average Bonchev–Trinajstić information content (AvgIpc) is 3.69. The predicted octanol–water partition coefficient (Wildman–Crippen LogP) is 22.3. The fraction of sp³-hybridized carbons (Fsp3) is 0.0127. The topological polar surface area (TPSA) is 0 Å². The largest absolute Gasteiger partial charge is 0.0622 e. The lowest BCUT2D eigenvalue weighted by Gasteiger charge is -2.19. The third kappa shape index (κ3) is 8.80. The second-order valence-electron chi connectivity index (χ2n) is 20.7. The van der Waals surface area contributed by atoms with E-state index in [1.165, 1.54) is 148 Å². The van der Waals surface area contributed by atoms with E-state index in [4.69, 9.17) is 0 Å². The molecule has 0 atom stereocenters. The van der Waals surface area contributed by atoms with E-state index in [2.05, 4.69) is 316 Å². The van der Waals surface area contributed by atoms with E-state index in [-0.39, 0.29) is 0 Å². The van der Waals surface area contributed by atoms with E-state index >= 15 is 0 Å². The van der Waals surface area contributed by atoms with Crippen molar-refractivity contribution < 1.29 is 0 Å². The van der Waals surface area contributed by atoms with Crippen LogP contribution in [0.25, 0.3) is 143 Å². The summed E-state index contributed by atoms with van der Waals surface area (Å²) in [6.07, 6.45) is 0. The minimum atomic E-state index is 1.23. The first kappa shape index (κ1) is 47.3. The molecule has 0 aliphatic carbocycles. The Labute approximate surface area is 461 Å². The predicted molar refractivity (Wildman–Crippen MR) is 341 cm³/mol. The van der Waals surface area contributed by atoms with Crippen molar-refractivity contribution in [2.75, 3.05) is 0 Å². The molecule has 0 amide bonds. The van der Waals surface area contributed by atoms with Crippen LogP contribution in [0.15, 0.2) is 309 Å². The van der Waals surface area contributed by atoms with Crippen LogP contribution >= 0.6 is 0 Å². The fourth-order valence-corrected chi connectivity index (χ4v) is 12.3. The maximum atomic E-state index is 2.37. The van der Waals surface area contributed by atoms with Gasteiger partial charge in [-0.1, -0.05) is 291 Å². The molecule has 0 bridgehead atoms. The Morgan fingerprint density at radius 2 is 0.506 bits per heavy atom. The van der Waals surface area contributed by atoms with Gasteiger partial charge in [-0.3, -0.25) is 0 Å². The number of rotatable bonds is 7. The van der Waals surface area contributed by atoms with Crippen molar-refractivity contribution in [2.24, 2.45) is 0 Å². The van der Waals surface area contributed by atoms with Crippen molar-refractivity contribution in [2.45, 2.75) is 6.92 Å². The number of hydrogen-bond donors (Lipinski definition) is 0. The number of fused-ring (bicyclic) bond motifs is 6. The van der Waals surface area contributed by atoms with Crippen LogP contribution in [0, 0.1) is 6.92 Å². The molecule has 15 aromatic carbocycles. The van der Waals surface area contributed by atoms with Crippen molar-refractivity contribution >= 4 is 64.6 Å². The van der Waals surface area contributed by atoms with Crippen LogP contribution < -0.4 is 0 Å². The van der Waals surface area contributed by atoms with Crippen LogP contribution in [0.4, 0.5) is 0 Å². The van der Waals surface area contributed by atoms with E-state index in [0.29, 0.717) is 0 Å². The normalized spacial score (nSPS) is 11.4. The Bertz CT molecular complexity index is 4710. The van der Waals surface area contributed by atoms with Crippen LogP contribution in [0.3, 0.4) is 0 Å². The van der Waals surface area contributed by atoms with Gasteiger partial charge in [0, 0.05) is 0 Å². The van der Waals surface area contributed by atoms with Crippen LogP contribution in [0.1, 0.15) is 5.56 Å². The van der Waals surface area contributed by atoms with Crippen molar-refractivity contribution in [3.63, 3.8) is 0 Å². The minimum Gasteiger partial charge on any atom is -0.0622 e. The van der Waals surface area contributed by atoms with Crippen LogP contribution in [0.5, 0.6) is 0 Å². The molecule has 79 heavy (non-hydrogen) atoms. The summed E-state index contributed by atoms with van der Waals surface area (Å²) in [4.78, 5) is 0.